The molecule has 96 valence electrons. The van der Waals surface area contributed by atoms with Gasteiger partial charge < -0.3 is 15.7 Å². The molecule has 0 aliphatic heterocycles. The average molecular weight is 237 g/mol. The molecule has 0 bridgehead atoms. The van der Waals surface area contributed by atoms with Crippen molar-refractivity contribution in [1.82, 2.24) is 4.98 Å². The zero-order valence-electron chi connectivity index (χ0n) is 11.1. The van der Waals surface area contributed by atoms with E-state index in [1.54, 1.807) is 12.4 Å². The summed E-state index contributed by atoms with van der Waals surface area (Å²) in [6, 6.07) is 2.24. The quantitative estimate of drug-likeness (QED) is 0.735. The number of rotatable bonds is 5. The second-order valence-electron chi connectivity index (χ2n) is 5.29. The van der Waals surface area contributed by atoms with Gasteiger partial charge in [0.05, 0.1) is 23.8 Å². The molecule has 1 atom stereocenters. The molecular weight excluding hydrogens is 214 g/mol. The van der Waals surface area contributed by atoms with Crippen molar-refractivity contribution >= 4 is 11.4 Å². The maximum atomic E-state index is 9.11. The van der Waals surface area contributed by atoms with Crippen LogP contribution in [0.15, 0.2) is 18.5 Å². The monoisotopic (exact) mass is 237 g/mol. The summed E-state index contributed by atoms with van der Waals surface area (Å²) in [6.07, 6.45) is 4.31. The van der Waals surface area contributed by atoms with Gasteiger partial charge in [-0.25, -0.2) is 0 Å². The first-order valence-electron chi connectivity index (χ1n) is 5.97. The van der Waals surface area contributed by atoms with Gasteiger partial charge in [0.2, 0.25) is 0 Å². The number of hydrogen-bond acceptors (Lipinski definition) is 4. The molecular formula is C13H23N3O. The van der Waals surface area contributed by atoms with Crippen molar-refractivity contribution in [2.75, 3.05) is 24.3 Å². The van der Waals surface area contributed by atoms with Gasteiger partial charge in [0.1, 0.15) is 0 Å². The number of anilines is 2. The van der Waals surface area contributed by atoms with Crippen LogP contribution >= 0.6 is 0 Å². The summed E-state index contributed by atoms with van der Waals surface area (Å²) < 4.78 is 0. The molecule has 17 heavy (non-hydrogen) atoms. The van der Waals surface area contributed by atoms with Crippen LogP contribution in [0.4, 0.5) is 11.4 Å². The van der Waals surface area contributed by atoms with Crippen LogP contribution in [0.5, 0.6) is 0 Å². The van der Waals surface area contributed by atoms with Crippen LogP contribution in [0.25, 0.3) is 0 Å². The molecule has 0 amide bonds. The number of nitrogens with one attached hydrogen (secondary N) is 2. The van der Waals surface area contributed by atoms with E-state index in [-0.39, 0.29) is 18.1 Å². The summed E-state index contributed by atoms with van der Waals surface area (Å²) in [7, 11) is 1.87. The third kappa shape index (κ3) is 4.23. The predicted octanol–water partition coefficient (Wildman–Crippen LogP) is 2.33. The number of aliphatic hydroxyl groups is 1. The lowest BCUT2D eigenvalue weighted by Gasteiger charge is -2.32. The van der Waals surface area contributed by atoms with Crippen LogP contribution in [-0.4, -0.2) is 29.8 Å². The lowest BCUT2D eigenvalue weighted by atomic mass is 9.85. The third-order valence-electron chi connectivity index (χ3n) is 2.83. The molecule has 3 N–H and O–H groups in total. The van der Waals surface area contributed by atoms with Crippen molar-refractivity contribution in [3.05, 3.63) is 18.5 Å². The minimum Gasteiger partial charge on any atom is -0.396 e. The molecule has 1 unspecified atom stereocenters. The number of aromatic nitrogens is 1. The summed E-state index contributed by atoms with van der Waals surface area (Å²) in [5.74, 6) is 0. The van der Waals surface area contributed by atoms with Crippen LogP contribution < -0.4 is 10.6 Å². The van der Waals surface area contributed by atoms with E-state index in [1.165, 1.54) is 0 Å². The van der Waals surface area contributed by atoms with Crippen molar-refractivity contribution in [1.29, 1.82) is 0 Å². The molecule has 0 aliphatic carbocycles. The highest BCUT2D eigenvalue weighted by atomic mass is 16.3. The molecule has 4 nitrogen and oxygen atoms in total. The summed E-state index contributed by atoms with van der Waals surface area (Å²) in [4.78, 5) is 4.16. The van der Waals surface area contributed by atoms with Crippen LogP contribution in [0, 0.1) is 5.41 Å². The smallest absolute Gasteiger partial charge is 0.0549 e. The van der Waals surface area contributed by atoms with Crippen LogP contribution in [-0.2, 0) is 0 Å². The fraction of sp³-hybridized carbons (Fsp3) is 0.615. The van der Waals surface area contributed by atoms with E-state index in [9.17, 15) is 0 Å². The van der Waals surface area contributed by atoms with Crippen molar-refractivity contribution in [2.45, 2.75) is 33.2 Å². The molecule has 4 heteroatoms. The molecule has 0 fully saturated rings. The summed E-state index contributed by atoms with van der Waals surface area (Å²) in [5, 5.41) is 15.6. The van der Waals surface area contributed by atoms with Crippen molar-refractivity contribution in [3.8, 4) is 0 Å². The molecule has 1 aromatic heterocycles. The van der Waals surface area contributed by atoms with Crippen LogP contribution in [0.2, 0.25) is 0 Å². The van der Waals surface area contributed by atoms with Gasteiger partial charge in [-0.3, -0.25) is 4.98 Å². The summed E-state index contributed by atoms with van der Waals surface area (Å²) in [6.45, 7) is 6.68. The Morgan fingerprint density at radius 2 is 1.94 bits per heavy atom. The standard InChI is InChI=1S/C13H23N3O/c1-13(2,3)12(5-6-17)16-11-7-10(14-4)8-15-9-11/h7-9,12,14,16-17H,5-6H2,1-4H3. The Morgan fingerprint density at radius 3 is 2.47 bits per heavy atom. The molecule has 1 aromatic rings. The molecule has 0 radical (unpaired) electrons. The van der Waals surface area contributed by atoms with E-state index in [0.29, 0.717) is 0 Å². The first-order chi connectivity index (χ1) is 7.97. The minimum atomic E-state index is 0.0956. The van der Waals surface area contributed by atoms with E-state index in [0.717, 1.165) is 17.8 Å². The maximum absolute atomic E-state index is 9.11. The van der Waals surface area contributed by atoms with Gasteiger partial charge in [-0.2, -0.15) is 0 Å². The average Bonchev–Trinajstić information content (AvgIpc) is 2.27. The van der Waals surface area contributed by atoms with Crippen molar-refractivity contribution in [3.63, 3.8) is 0 Å². The number of aliphatic hydroxyl groups excluding tert-OH is 1. The van der Waals surface area contributed by atoms with Gasteiger partial charge in [0.15, 0.2) is 0 Å². The SMILES string of the molecule is CNc1cncc(NC(CCO)C(C)(C)C)c1. The molecule has 0 saturated heterocycles. The van der Waals surface area contributed by atoms with Crippen molar-refractivity contribution < 1.29 is 5.11 Å². The zero-order chi connectivity index (χ0) is 12.9. The molecule has 0 aromatic carbocycles. The normalized spacial score (nSPS) is 13.2. The topological polar surface area (TPSA) is 57.2 Å². The van der Waals surface area contributed by atoms with E-state index in [4.69, 9.17) is 5.11 Å². The Morgan fingerprint density at radius 1 is 1.29 bits per heavy atom. The number of pyridine rings is 1. The Labute approximate surface area is 103 Å². The molecule has 1 rings (SSSR count). The fourth-order valence-corrected chi connectivity index (χ4v) is 1.71. The zero-order valence-corrected chi connectivity index (χ0v) is 11.1. The molecule has 0 spiro atoms. The number of nitrogens with zero attached hydrogens (tertiary/aromatic N) is 1. The van der Waals surface area contributed by atoms with Gasteiger partial charge >= 0.3 is 0 Å². The van der Waals surface area contributed by atoms with Gasteiger partial charge in [0, 0.05) is 19.7 Å². The van der Waals surface area contributed by atoms with E-state index >= 15 is 0 Å². The lowest BCUT2D eigenvalue weighted by Crippen LogP contribution is -2.34. The first-order valence-corrected chi connectivity index (χ1v) is 5.97. The second kappa shape index (κ2) is 5.87. The molecule has 0 aliphatic rings. The van der Waals surface area contributed by atoms with E-state index in [1.807, 2.05) is 13.1 Å². The number of hydrogen-bond donors (Lipinski definition) is 3. The Kier molecular flexibility index (Phi) is 4.75. The van der Waals surface area contributed by atoms with Crippen molar-refractivity contribution in [2.24, 2.45) is 5.41 Å². The highest BCUT2D eigenvalue weighted by Gasteiger charge is 2.23. The Balaban J connectivity index is 2.78. The van der Waals surface area contributed by atoms with Gasteiger partial charge in [-0.1, -0.05) is 20.8 Å². The Bertz CT molecular complexity index is 347. The van der Waals surface area contributed by atoms with Gasteiger partial charge in [-0.15, -0.1) is 0 Å². The second-order valence-corrected chi connectivity index (χ2v) is 5.29. The van der Waals surface area contributed by atoms with E-state index in [2.05, 4.69) is 36.4 Å². The fourth-order valence-electron chi connectivity index (χ4n) is 1.71. The largest absolute Gasteiger partial charge is 0.396 e. The highest BCUT2D eigenvalue weighted by molar-refractivity contribution is 5.54. The summed E-state index contributed by atoms with van der Waals surface area (Å²) in [5.41, 5.74) is 2.05. The first kappa shape index (κ1) is 13.8. The van der Waals surface area contributed by atoms with Crippen LogP contribution in [0.1, 0.15) is 27.2 Å². The minimum absolute atomic E-state index is 0.0956. The van der Waals surface area contributed by atoms with E-state index < -0.39 is 0 Å². The van der Waals surface area contributed by atoms with Crippen LogP contribution in [0.3, 0.4) is 0 Å². The lowest BCUT2D eigenvalue weighted by molar-refractivity contribution is 0.235. The highest BCUT2D eigenvalue weighted by Crippen LogP contribution is 2.26. The third-order valence-corrected chi connectivity index (χ3v) is 2.83. The van der Waals surface area contributed by atoms with Gasteiger partial charge in [0.25, 0.3) is 0 Å². The molecule has 0 saturated carbocycles. The summed E-state index contributed by atoms with van der Waals surface area (Å²) >= 11 is 0. The maximum Gasteiger partial charge on any atom is 0.0549 e. The molecule has 1 heterocycles. The Hall–Kier alpha value is -1.29. The predicted molar refractivity (Wildman–Crippen MR) is 72.4 cm³/mol. The van der Waals surface area contributed by atoms with Gasteiger partial charge in [-0.05, 0) is 17.9 Å².